The fourth-order valence-electron chi connectivity index (χ4n) is 3.74. The summed E-state index contributed by atoms with van der Waals surface area (Å²) in [5, 5.41) is 18.6. The molecule has 194 valence electrons. The van der Waals surface area contributed by atoms with Crippen molar-refractivity contribution in [1.29, 1.82) is 5.41 Å². The molecule has 4 rings (SSSR count). The molecule has 3 heterocycles. The van der Waals surface area contributed by atoms with Gasteiger partial charge in [-0.15, -0.1) is 21.1 Å². The number of halogens is 3. The summed E-state index contributed by atoms with van der Waals surface area (Å²) < 4.78 is 33.5. The van der Waals surface area contributed by atoms with Crippen LogP contribution in [0, 0.1) is 17.0 Å². The number of anilines is 1. The van der Waals surface area contributed by atoms with Gasteiger partial charge >= 0.3 is 6.09 Å². The van der Waals surface area contributed by atoms with Gasteiger partial charge in [0.15, 0.2) is 0 Å². The third kappa shape index (κ3) is 9.18. The van der Waals surface area contributed by atoms with E-state index in [0.29, 0.717) is 68.8 Å². The summed E-state index contributed by atoms with van der Waals surface area (Å²) in [6, 6.07) is 6.15. The summed E-state index contributed by atoms with van der Waals surface area (Å²) >= 11 is 3.24. The van der Waals surface area contributed by atoms with Gasteiger partial charge in [0, 0.05) is 61.2 Å². The van der Waals surface area contributed by atoms with E-state index >= 15 is 0 Å². The van der Waals surface area contributed by atoms with Gasteiger partial charge in [-0.2, -0.15) is 0 Å². The minimum Gasteiger partial charge on any atom is -0.447 e. The predicted octanol–water partition coefficient (Wildman–Crippen LogP) is 6.57. The highest BCUT2D eigenvalue weighted by Gasteiger charge is 2.23. The monoisotopic (exact) mass is 639 g/mol. The number of amides is 1. The third-order valence-electron chi connectivity index (χ3n) is 5.59. The summed E-state index contributed by atoms with van der Waals surface area (Å²) in [4.78, 5) is 15.5. The molecule has 0 spiro atoms. The fourth-order valence-corrected chi connectivity index (χ4v) is 4.49. The molecule has 0 saturated carbocycles. The van der Waals surface area contributed by atoms with Gasteiger partial charge < -0.3 is 25.1 Å². The number of piperidine rings is 2. The van der Waals surface area contributed by atoms with Gasteiger partial charge in [-0.1, -0.05) is 6.07 Å². The van der Waals surface area contributed by atoms with Crippen molar-refractivity contribution in [2.45, 2.75) is 51.7 Å². The number of nitrogens with one attached hydrogen (secondary N) is 1. The van der Waals surface area contributed by atoms with Crippen molar-refractivity contribution in [1.82, 2.24) is 4.90 Å². The van der Waals surface area contributed by atoms with Gasteiger partial charge in [-0.3, -0.25) is 0 Å². The molecule has 0 unspecified atom stereocenters. The largest absolute Gasteiger partial charge is 0.447 e. The van der Waals surface area contributed by atoms with Crippen LogP contribution in [0.5, 0.6) is 0 Å². The predicted molar refractivity (Wildman–Crippen MR) is 150 cm³/mol. The van der Waals surface area contributed by atoms with Crippen LogP contribution in [0.1, 0.15) is 39.5 Å². The number of aliphatic hydroxyl groups is 1. The van der Waals surface area contributed by atoms with E-state index < -0.39 is 11.6 Å². The molecule has 1 aromatic heterocycles. The van der Waals surface area contributed by atoms with Crippen LogP contribution in [0.4, 0.5) is 19.3 Å². The maximum Gasteiger partial charge on any atom is 0.410 e. The van der Waals surface area contributed by atoms with Crippen molar-refractivity contribution in [2.75, 3.05) is 31.1 Å². The molecule has 1 amide bonds. The lowest BCUT2D eigenvalue weighted by atomic mass is 10.1. The second-order valence-electron chi connectivity index (χ2n) is 8.50. The number of benzene rings is 1. The lowest BCUT2D eigenvalue weighted by Crippen LogP contribution is -2.41. The molecule has 2 aliphatic heterocycles. The SMILES string of the molecule is CC(C)OC(=O)N1CCC(O)CC1.N=C1CCN(c2cc(F)c(-c3cccs3)cc2F)CC1.SI. The first kappa shape index (κ1) is 29.8. The highest BCUT2D eigenvalue weighted by molar-refractivity contribution is 14.2. The number of hydrogen-bond donors (Lipinski definition) is 3. The third-order valence-corrected chi connectivity index (χ3v) is 6.49. The van der Waals surface area contributed by atoms with Crippen LogP contribution in [0.15, 0.2) is 29.6 Å². The van der Waals surface area contributed by atoms with Crippen LogP contribution >= 0.6 is 42.3 Å². The number of ether oxygens (including phenoxy) is 1. The Morgan fingerprint density at radius 1 is 1.17 bits per heavy atom. The summed E-state index contributed by atoms with van der Waals surface area (Å²) in [7, 11) is 3.50. The zero-order valence-corrected chi connectivity index (χ0v) is 23.7. The molecule has 0 bridgehead atoms. The van der Waals surface area contributed by atoms with Crippen LogP contribution < -0.4 is 4.90 Å². The molecule has 6 nitrogen and oxygen atoms in total. The Kier molecular flexibility index (Phi) is 12.7. The van der Waals surface area contributed by atoms with E-state index in [1.807, 2.05) is 51.4 Å². The summed E-state index contributed by atoms with van der Waals surface area (Å²) in [6.45, 7) is 6.02. The Balaban J connectivity index is 0.000000251. The molecule has 2 N–H and O–H groups in total. The standard InChI is InChI=1S/C15H14F2N2S.C9H17NO3.HIS/c16-12-9-14(19-5-3-10(18)4-6-19)13(17)8-11(12)15-2-1-7-20-15;1-7(2)13-9(12)10-5-3-8(11)4-6-10;1-2/h1-2,7-9,18H,3-6H2;7-8,11H,3-6H2,1-2H3;2H. The fraction of sp³-hybridized carbons (Fsp3) is 0.500. The molecule has 2 aliphatic rings. The number of aliphatic hydroxyl groups excluding tert-OH is 1. The van der Waals surface area contributed by atoms with E-state index in [-0.39, 0.29) is 18.3 Å². The Morgan fingerprint density at radius 3 is 2.34 bits per heavy atom. The van der Waals surface area contributed by atoms with Crippen molar-refractivity contribution in [3.63, 3.8) is 0 Å². The summed E-state index contributed by atoms with van der Waals surface area (Å²) in [5.41, 5.74) is 1.29. The van der Waals surface area contributed by atoms with E-state index in [2.05, 4.69) is 9.80 Å². The number of thiophene rings is 1. The van der Waals surface area contributed by atoms with Gasteiger partial charge in [0.25, 0.3) is 0 Å². The van der Waals surface area contributed by atoms with Gasteiger partial charge in [-0.25, -0.2) is 13.6 Å². The summed E-state index contributed by atoms with van der Waals surface area (Å²) in [6.07, 6.45) is 1.98. The number of rotatable bonds is 3. The number of carbonyl (C=O) groups excluding carboxylic acids is 1. The smallest absolute Gasteiger partial charge is 0.410 e. The lowest BCUT2D eigenvalue weighted by Gasteiger charge is -2.29. The maximum atomic E-state index is 14.2. The Hall–Kier alpha value is -1.44. The van der Waals surface area contributed by atoms with Gasteiger partial charge in [0.1, 0.15) is 11.6 Å². The van der Waals surface area contributed by atoms with Crippen molar-refractivity contribution >= 4 is 59.8 Å². The van der Waals surface area contributed by atoms with Gasteiger partial charge in [-0.05, 0) is 65.4 Å². The zero-order chi connectivity index (χ0) is 26.0. The lowest BCUT2D eigenvalue weighted by molar-refractivity contribution is 0.0457. The molecule has 2 aromatic rings. The quantitative estimate of drug-likeness (QED) is 0.263. The minimum atomic E-state index is -0.400. The summed E-state index contributed by atoms with van der Waals surface area (Å²) in [5.74, 6) is -0.798. The average Bonchev–Trinajstić information content (AvgIpc) is 3.37. The topological polar surface area (TPSA) is 76.9 Å². The molecule has 0 aliphatic carbocycles. The first-order valence-electron chi connectivity index (χ1n) is 11.4. The van der Waals surface area contributed by atoms with Crippen LogP contribution in [-0.4, -0.2) is 60.2 Å². The molecule has 35 heavy (non-hydrogen) atoms. The zero-order valence-electron chi connectivity index (χ0n) is 19.8. The van der Waals surface area contributed by atoms with E-state index in [9.17, 15) is 18.7 Å². The molecule has 2 fully saturated rings. The van der Waals surface area contributed by atoms with Crippen LogP contribution in [0.25, 0.3) is 10.4 Å². The Bertz CT molecular complexity index is 946. The molecular weight excluding hydrogens is 607 g/mol. The number of likely N-dealkylation sites (tertiary alicyclic amines) is 1. The highest BCUT2D eigenvalue weighted by Crippen LogP contribution is 2.33. The van der Waals surface area contributed by atoms with Crippen LogP contribution in [-0.2, 0) is 4.74 Å². The normalized spacial score (nSPS) is 16.3. The molecule has 0 atom stereocenters. The molecule has 2 saturated heterocycles. The molecule has 0 radical (unpaired) electrons. The molecule has 1 aromatic carbocycles. The first-order valence-corrected chi connectivity index (χ1v) is 15.5. The number of thiol groups is 1. The van der Waals surface area contributed by atoms with Crippen molar-refractivity contribution < 1.29 is 23.4 Å². The van der Waals surface area contributed by atoms with E-state index in [1.165, 1.54) is 23.5 Å². The van der Waals surface area contributed by atoms with Crippen molar-refractivity contribution in [2.24, 2.45) is 0 Å². The first-order chi connectivity index (χ1) is 16.7. The van der Waals surface area contributed by atoms with Crippen LogP contribution in [0.3, 0.4) is 0 Å². The highest BCUT2D eigenvalue weighted by atomic mass is 127. The second kappa shape index (κ2) is 15.0. The van der Waals surface area contributed by atoms with Gasteiger partial charge in [0.05, 0.1) is 17.9 Å². The van der Waals surface area contributed by atoms with E-state index in [0.717, 1.165) is 4.88 Å². The molecule has 11 heteroatoms. The second-order valence-corrected chi connectivity index (χ2v) is 9.45. The van der Waals surface area contributed by atoms with E-state index in [1.54, 1.807) is 11.0 Å². The molecular formula is C24H32F2IN3O3S2. The van der Waals surface area contributed by atoms with E-state index in [4.69, 9.17) is 10.1 Å². The maximum absolute atomic E-state index is 14.2. The number of carbonyl (C=O) groups is 1. The van der Waals surface area contributed by atoms with Crippen LogP contribution in [0.2, 0.25) is 0 Å². The number of nitrogens with zero attached hydrogens (tertiary/aromatic N) is 2. The van der Waals surface area contributed by atoms with Crippen molar-refractivity contribution in [3.05, 3.63) is 41.3 Å². The average molecular weight is 640 g/mol. The van der Waals surface area contributed by atoms with Gasteiger partial charge in [0.2, 0.25) is 0 Å². The number of hydrogen-bond acceptors (Lipinski definition) is 7. The Labute approximate surface area is 227 Å². The minimum absolute atomic E-state index is 0.0700. The van der Waals surface area contributed by atoms with Crippen molar-refractivity contribution in [3.8, 4) is 10.4 Å². The Morgan fingerprint density at radius 2 is 1.80 bits per heavy atom.